The van der Waals surface area contributed by atoms with Gasteiger partial charge in [0.1, 0.15) is 5.54 Å². The highest BCUT2D eigenvalue weighted by Crippen LogP contribution is 2.43. The molecule has 0 aromatic heterocycles. The molecule has 2 unspecified atom stereocenters. The molecule has 4 bridgehead atoms. The van der Waals surface area contributed by atoms with Crippen molar-refractivity contribution in [3.05, 3.63) is 0 Å². The number of rotatable bonds is 1. The van der Waals surface area contributed by atoms with Crippen molar-refractivity contribution in [1.82, 2.24) is 9.80 Å². The van der Waals surface area contributed by atoms with Crippen molar-refractivity contribution in [2.45, 2.75) is 19.4 Å². The topological polar surface area (TPSA) is 49.6 Å². The minimum Gasteiger partial charge on any atom is -0.317 e. The van der Waals surface area contributed by atoms with Crippen LogP contribution in [0, 0.1) is 11.3 Å². The molecule has 0 saturated carbocycles. The predicted octanol–water partition coefficient (Wildman–Crippen LogP) is -0.460. The molecule has 0 aromatic rings. The van der Waals surface area contributed by atoms with Gasteiger partial charge >= 0.3 is 0 Å². The second-order valence-corrected chi connectivity index (χ2v) is 6.22. The summed E-state index contributed by atoms with van der Waals surface area (Å²) in [7, 11) is 0. The van der Waals surface area contributed by atoms with Crippen LogP contribution in [-0.4, -0.2) is 60.4 Å². The predicted molar refractivity (Wildman–Crippen MR) is 62.1 cm³/mol. The number of carbonyl (C=O) groups is 1. The second kappa shape index (κ2) is 3.06. The zero-order valence-electron chi connectivity index (χ0n) is 10.2. The summed E-state index contributed by atoms with van der Waals surface area (Å²) in [5.74, 6) is 0.705. The molecule has 4 nitrogen and oxygen atoms in total. The van der Waals surface area contributed by atoms with Gasteiger partial charge in [-0.3, -0.25) is 14.6 Å². The van der Waals surface area contributed by atoms with Crippen molar-refractivity contribution in [1.29, 1.82) is 0 Å². The minimum atomic E-state index is -0.600. The Kier molecular flexibility index (Phi) is 2.04. The summed E-state index contributed by atoms with van der Waals surface area (Å²) in [5.41, 5.74) is 5.55. The number of carbonyl (C=O) groups excluding carboxylic acids is 1. The van der Waals surface area contributed by atoms with Gasteiger partial charge < -0.3 is 5.73 Å². The van der Waals surface area contributed by atoms with Crippen LogP contribution in [0.15, 0.2) is 0 Å². The van der Waals surface area contributed by atoms with E-state index in [-0.39, 0.29) is 5.41 Å². The van der Waals surface area contributed by atoms with E-state index in [9.17, 15) is 4.79 Å². The maximum absolute atomic E-state index is 12.6. The second-order valence-electron chi connectivity index (χ2n) is 6.22. The number of piperidine rings is 2. The summed E-state index contributed by atoms with van der Waals surface area (Å²) in [4.78, 5) is 17.4. The minimum absolute atomic E-state index is 0.207. The van der Waals surface area contributed by atoms with Gasteiger partial charge in [0.25, 0.3) is 0 Å². The first-order valence-electron chi connectivity index (χ1n) is 6.25. The molecule has 4 heterocycles. The quantitative estimate of drug-likeness (QED) is 0.653. The van der Waals surface area contributed by atoms with Crippen LogP contribution in [-0.2, 0) is 4.79 Å². The molecule has 4 aliphatic heterocycles. The molecule has 2 N–H and O–H groups in total. The number of hydrogen-bond donors (Lipinski definition) is 1. The molecule has 4 saturated heterocycles. The molecule has 0 spiro atoms. The van der Waals surface area contributed by atoms with Crippen LogP contribution in [0.25, 0.3) is 0 Å². The van der Waals surface area contributed by atoms with E-state index < -0.39 is 5.54 Å². The fourth-order valence-corrected chi connectivity index (χ4v) is 3.82. The average molecular weight is 223 g/mol. The first-order valence-corrected chi connectivity index (χ1v) is 6.25. The number of ketones is 1. The highest BCUT2D eigenvalue weighted by atomic mass is 16.1. The molecule has 90 valence electrons. The van der Waals surface area contributed by atoms with Gasteiger partial charge in [-0.1, -0.05) is 13.8 Å². The van der Waals surface area contributed by atoms with Crippen molar-refractivity contribution >= 4 is 5.78 Å². The molecule has 0 amide bonds. The van der Waals surface area contributed by atoms with Gasteiger partial charge in [0.2, 0.25) is 0 Å². The number of fused-ring (bicyclic) bond motifs is 1. The fraction of sp³-hybridized carbons (Fsp3) is 0.917. The van der Waals surface area contributed by atoms with Crippen molar-refractivity contribution in [3.8, 4) is 0 Å². The Labute approximate surface area is 96.8 Å². The molecular formula is C12H21N3O. The molecule has 0 radical (unpaired) electrons. The van der Waals surface area contributed by atoms with E-state index in [1.54, 1.807) is 0 Å². The molecule has 0 aliphatic carbocycles. The van der Waals surface area contributed by atoms with E-state index in [4.69, 9.17) is 5.73 Å². The van der Waals surface area contributed by atoms with Crippen LogP contribution in [0.5, 0.6) is 0 Å². The molecule has 2 atom stereocenters. The van der Waals surface area contributed by atoms with Crippen molar-refractivity contribution in [2.24, 2.45) is 17.1 Å². The Morgan fingerprint density at radius 3 is 2.06 bits per heavy atom. The molecule has 4 heteroatoms. The van der Waals surface area contributed by atoms with Crippen LogP contribution < -0.4 is 5.73 Å². The first kappa shape index (κ1) is 10.7. The van der Waals surface area contributed by atoms with Crippen LogP contribution >= 0.6 is 0 Å². The lowest BCUT2D eigenvalue weighted by molar-refractivity contribution is -0.151. The summed E-state index contributed by atoms with van der Waals surface area (Å²) in [6.07, 6.45) is 0. The lowest BCUT2D eigenvalue weighted by Crippen LogP contribution is -2.75. The van der Waals surface area contributed by atoms with Crippen LogP contribution in [0.2, 0.25) is 0 Å². The Balaban J connectivity index is 2.09. The van der Waals surface area contributed by atoms with Crippen molar-refractivity contribution in [3.63, 3.8) is 0 Å². The lowest BCUT2D eigenvalue weighted by atomic mass is 9.62. The van der Waals surface area contributed by atoms with E-state index in [0.29, 0.717) is 11.7 Å². The number of hydrogen-bond acceptors (Lipinski definition) is 4. The Hall–Kier alpha value is -0.450. The highest BCUT2D eigenvalue weighted by Gasteiger charge is 2.60. The largest absolute Gasteiger partial charge is 0.317 e. The van der Waals surface area contributed by atoms with Gasteiger partial charge in [-0.05, 0) is 5.92 Å². The molecule has 0 aromatic carbocycles. The zero-order valence-corrected chi connectivity index (χ0v) is 10.2. The third-order valence-electron chi connectivity index (χ3n) is 4.77. The number of nitrogens with two attached hydrogens (primary N) is 1. The normalized spacial score (nSPS) is 51.1. The molecule has 4 aliphatic rings. The van der Waals surface area contributed by atoms with Gasteiger partial charge in [-0.25, -0.2) is 0 Å². The van der Waals surface area contributed by atoms with Gasteiger partial charge in [-0.15, -0.1) is 0 Å². The summed E-state index contributed by atoms with van der Waals surface area (Å²) < 4.78 is 0. The van der Waals surface area contributed by atoms with E-state index in [1.165, 1.54) is 0 Å². The molecule has 4 fully saturated rings. The van der Waals surface area contributed by atoms with Gasteiger partial charge in [0.05, 0.1) is 5.41 Å². The van der Waals surface area contributed by atoms with Crippen molar-refractivity contribution in [2.75, 3.05) is 39.3 Å². The van der Waals surface area contributed by atoms with Gasteiger partial charge in [0.15, 0.2) is 5.78 Å². The highest BCUT2D eigenvalue weighted by molar-refractivity contribution is 5.96. The maximum atomic E-state index is 12.6. The monoisotopic (exact) mass is 223 g/mol. The summed E-state index contributed by atoms with van der Waals surface area (Å²) >= 11 is 0. The SMILES string of the molecule is CC(C)C12CN3CCN(CC(N)(C3)C1=O)C2. The number of Topliss-reactive ketones (excluding diaryl/α,β-unsaturated/α-hetero) is 1. The average Bonchev–Trinajstić information content (AvgIpc) is 2.41. The van der Waals surface area contributed by atoms with E-state index in [1.807, 2.05) is 0 Å². The summed E-state index contributed by atoms with van der Waals surface area (Å²) in [5, 5.41) is 0. The zero-order chi connectivity index (χ0) is 11.6. The summed E-state index contributed by atoms with van der Waals surface area (Å²) in [6, 6.07) is 0. The van der Waals surface area contributed by atoms with Crippen LogP contribution in [0.4, 0.5) is 0 Å². The number of nitrogens with zero attached hydrogens (tertiary/aromatic N) is 2. The molecular weight excluding hydrogens is 202 g/mol. The summed E-state index contributed by atoms with van der Waals surface area (Å²) in [6.45, 7) is 9.82. The molecule has 4 rings (SSSR count). The molecule has 16 heavy (non-hydrogen) atoms. The van der Waals surface area contributed by atoms with Crippen LogP contribution in [0.3, 0.4) is 0 Å². The lowest BCUT2D eigenvalue weighted by Gasteiger charge is -2.54. The Morgan fingerprint density at radius 1 is 1.12 bits per heavy atom. The van der Waals surface area contributed by atoms with E-state index in [0.717, 1.165) is 39.3 Å². The van der Waals surface area contributed by atoms with E-state index in [2.05, 4.69) is 23.6 Å². The van der Waals surface area contributed by atoms with Gasteiger partial charge in [-0.2, -0.15) is 0 Å². The van der Waals surface area contributed by atoms with Crippen LogP contribution in [0.1, 0.15) is 13.8 Å². The standard InChI is InChI=1S/C12H21N3O/c1-9(2)11-5-14-3-4-15(6-11)8-12(13,7-14)10(11)16/h9H,3-8,13H2,1-2H3. The van der Waals surface area contributed by atoms with E-state index >= 15 is 0 Å². The Bertz CT molecular complexity index is 323. The fourth-order valence-electron chi connectivity index (χ4n) is 3.82. The van der Waals surface area contributed by atoms with Crippen molar-refractivity contribution < 1.29 is 4.79 Å². The first-order chi connectivity index (χ1) is 7.46. The third kappa shape index (κ3) is 1.18. The maximum Gasteiger partial charge on any atom is 0.164 e. The van der Waals surface area contributed by atoms with Gasteiger partial charge in [0, 0.05) is 39.3 Å². The Morgan fingerprint density at radius 2 is 1.62 bits per heavy atom. The third-order valence-corrected chi connectivity index (χ3v) is 4.77. The smallest absolute Gasteiger partial charge is 0.164 e.